The highest BCUT2D eigenvalue weighted by Gasteiger charge is 2.21. The van der Waals surface area contributed by atoms with Gasteiger partial charge in [-0.2, -0.15) is 0 Å². The second-order valence-electron chi connectivity index (χ2n) is 6.31. The molecule has 0 spiro atoms. The molecule has 2 N–H and O–H groups in total. The maximum Gasteiger partial charge on any atom is 0.323 e. The molecule has 0 aromatic carbocycles. The van der Waals surface area contributed by atoms with Gasteiger partial charge in [-0.25, -0.2) is 0 Å². The maximum absolute atomic E-state index is 11.8. The van der Waals surface area contributed by atoms with Crippen LogP contribution in [-0.2, 0) is 14.3 Å². The molecule has 0 aliphatic carbocycles. The van der Waals surface area contributed by atoms with Crippen molar-refractivity contribution in [3.63, 3.8) is 0 Å². The summed E-state index contributed by atoms with van der Waals surface area (Å²) in [6.45, 7) is 11.0. The predicted molar refractivity (Wildman–Crippen MR) is 84.8 cm³/mol. The lowest BCUT2D eigenvalue weighted by Crippen LogP contribution is -2.37. The molecular weight excluding hydrogens is 268 g/mol. The fourth-order valence-electron chi connectivity index (χ4n) is 2.05. The van der Waals surface area contributed by atoms with E-state index in [4.69, 9.17) is 10.5 Å². The summed E-state index contributed by atoms with van der Waals surface area (Å²) in [5, 5.41) is 0. The van der Waals surface area contributed by atoms with Gasteiger partial charge in [0.25, 0.3) is 0 Å². The van der Waals surface area contributed by atoms with E-state index < -0.39 is 11.6 Å². The Morgan fingerprint density at radius 3 is 2.14 bits per heavy atom. The van der Waals surface area contributed by atoms with Gasteiger partial charge >= 0.3 is 5.97 Å². The molecule has 1 unspecified atom stereocenters. The molecule has 0 rings (SSSR count). The maximum atomic E-state index is 11.8. The Kier molecular flexibility index (Phi) is 9.26. The molecule has 1 amide bonds. The molecule has 0 radical (unpaired) electrons. The number of nitrogens with zero attached hydrogens (tertiary/aromatic N) is 1. The van der Waals surface area contributed by atoms with Crippen LogP contribution in [0.3, 0.4) is 0 Å². The Morgan fingerprint density at radius 1 is 1.10 bits per heavy atom. The Balaban J connectivity index is 3.81. The van der Waals surface area contributed by atoms with Gasteiger partial charge in [-0.15, -0.1) is 0 Å². The van der Waals surface area contributed by atoms with E-state index in [9.17, 15) is 9.59 Å². The van der Waals surface area contributed by atoms with Gasteiger partial charge in [0.1, 0.15) is 11.6 Å². The summed E-state index contributed by atoms with van der Waals surface area (Å²) in [5.41, 5.74) is 5.31. The van der Waals surface area contributed by atoms with Crippen LogP contribution in [0.4, 0.5) is 0 Å². The summed E-state index contributed by atoms with van der Waals surface area (Å²) in [5.74, 6) is -0.141. The topological polar surface area (TPSA) is 72.6 Å². The molecule has 5 heteroatoms. The summed E-state index contributed by atoms with van der Waals surface area (Å²) >= 11 is 0. The monoisotopic (exact) mass is 300 g/mol. The van der Waals surface area contributed by atoms with Crippen molar-refractivity contribution >= 4 is 11.9 Å². The van der Waals surface area contributed by atoms with E-state index in [1.807, 2.05) is 39.5 Å². The molecule has 0 aromatic rings. The third-order valence-electron chi connectivity index (χ3n) is 3.23. The molecule has 0 aromatic heterocycles. The van der Waals surface area contributed by atoms with Crippen molar-refractivity contribution in [2.24, 2.45) is 5.73 Å². The summed E-state index contributed by atoms with van der Waals surface area (Å²) < 4.78 is 5.23. The average Bonchev–Trinajstić information content (AvgIpc) is 2.37. The van der Waals surface area contributed by atoms with Gasteiger partial charge in [0.15, 0.2) is 0 Å². The molecule has 0 heterocycles. The number of ether oxygens (including phenoxy) is 1. The summed E-state index contributed by atoms with van der Waals surface area (Å²) in [4.78, 5) is 25.3. The van der Waals surface area contributed by atoms with E-state index in [0.717, 1.165) is 32.4 Å². The zero-order valence-corrected chi connectivity index (χ0v) is 14.3. The van der Waals surface area contributed by atoms with Crippen LogP contribution in [0.1, 0.15) is 66.7 Å². The van der Waals surface area contributed by atoms with E-state index in [2.05, 4.69) is 0 Å². The van der Waals surface area contributed by atoms with Gasteiger partial charge in [-0.3, -0.25) is 9.59 Å². The number of hydrogen-bond donors (Lipinski definition) is 1. The van der Waals surface area contributed by atoms with Crippen molar-refractivity contribution < 1.29 is 14.3 Å². The zero-order valence-electron chi connectivity index (χ0n) is 14.3. The van der Waals surface area contributed by atoms with E-state index in [1.165, 1.54) is 0 Å². The molecule has 0 aliphatic rings. The zero-order chi connectivity index (χ0) is 16.5. The highest BCUT2D eigenvalue weighted by atomic mass is 16.6. The molecule has 5 nitrogen and oxygen atoms in total. The molecule has 1 atom stereocenters. The van der Waals surface area contributed by atoms with Gasteiger partial charge in [-0.1, -0.05) is 12.8 Å². The van der Waals surface area contributed by atoms with E-state index >= 15 is 0 Å². The van der Waals surface area contributed by atoms with Crippen molar-refractivity contribution in [3.8, 4) is 0 Å². The van der Waals surface area contributed by atoms with Crippen molar-refractivity contribution in [1.82, 2.24) is 4.90 Å². The third-order valence-corrected chi connectivity index (χ3v) is 3.23. The molecule has 0 bridgehead atoms. The molecule has 0 fully saturated rings. The van der Waals surface area contributed by atoms with Crippen molar-refractivity contribution in [2.75, 3.05) is 13.1 Å². The van der Waals surface area contributed by atoms with Crippen LogP contribution in [0.5, 0.6) is 0 Å². The second kappa shape index (κ2) is 9.77. The predicted octanol–water partition coefficient (Wildman–Crippen LogP) is 2.47. The average molecular weight is 300 g/mol. The van der Waals surface area contributed by atoms with Crippen LogP contribution in [0, 0.1) is 0 Å². The van der Waals surface area contributed by atoms with E-state index in [0.29, 0.717) is 12.8 Å². The highest BCUT2D eigenvalue weighted by molar-refractivity contribution is 5.76. The number of amides is 1. The second-order valence-corrected chi connectivity index (χ2v) is 6.31. The minimum absolute atomic E-state index is 0.205. The lowest BCUT2D eigenvalue weighted by atomic mass is 10.1. The summed E-state index contributed by atoms with van der Waals surface area (Å²) in [6.07, 6.45) is 3.77. The lowest BCUT2D eigenvalue weighted by molar-refractivity contribution is -0.156. The summed E-state index contributed by atoms with van der Waals surface area (Å²) in [6, 6.07) is -0.567. The van der Waals surface area contributed by atoms with Crippen LogP contribution in [-0.4, -0.2) is 41.5 Å². The number of carbonyl (C=O) groups is 2. The van der Waals surface area contributed by atoms with Gasteiger partial charge in [-0.05, 0) is 47.5 Å². The lowest BCUT2D eigenvalue weighted by Gasteiger charge is -2.22. The minimum atomic E-state index is -0.567. The fourth-order valence-corrected chi connectivity index (χ4v) is 2.05. The quantitative estimate of drug-likeness (QED) is 0.524. The third kappa shape index (κ3) is 9.45. The molecule has 0 aliphatic heterocycles. The number of nitrogens with two attached hydrogens (primary N) is 1. The molecule has 0 saturated heterocycles. The number of esters is 1. The normalized spacial score (nSPS) is 12.9. The fraction of sp³-hybridized carbons (Fsp3) is 0.875. The first kappa shape index (κ1) is 19.9. The van der Waals surface area contributed by atoms with Crippen molar-refractivity contribution in [1.29, 1.82) is 0 Å². The van der Waals surface area contributed by atoms with Gasteiger partial charge < -0.3 is 15.4 Å². The number of rotatable bonds is 9. The van der Waals surface area contributed by atoms with E-state index in [-0.39, 0.29) is 11.9 Å². The first-order valence-electron chi connectivity index (χ1n) is 7.97. The van der Waals surface area contributed by atoms with Crippen LogP contribution in [0.25, 0.3) is 0 Å². The first-order chi connectivity index (χ1) is 9.71. The standard InChI is InChI=1S/C16H32N2O3/c1-6-18(7-2)14(19)12-10-8-9-11-13(17)15(20)21-16(3,4)5/h13H,6-12,17H2,1-5H3. The largest absolute Gasteiger partial charge is 0.459 e. The van der Waals surface area contributed by atoms with Gasteiger partial charge in [0.2, 0.25) is 5.91 Å². The van der Waals surface area contributed by atoms with Gasteiger partial charge in [0.05, 0.1) is 0 Å². The van der Waals surface area contributed by atoms with Crippen LogP contribution in [0.2, 0.25) is 0 Å². The van der Waals surface area contributed by atoms with Crippen LogP contribution < -0.4 is 5.73 Å². The smallest absolute Gasteiger partial charge is 0.323 e. The SMILES string of the molecule is CCN(CC)C(=O)CCCCCC(N)C(=O)OC(C)(C)C. The molecular formula is C16H32N2O3. The van der Waals surface area contributed by atoms with Crippen LogP contribution in [0.15, 0.2) is 0 Å². The van der Waals surface area contributed by atoms with E-state index in [1.54, 1.807) is 0 Å². The van der Waals surface area contributed by atoms with Crippen LogP contribution >= 0.6 is 0 Å². The minimum Gasteiger partial charge on any atom is -0.459 e. The molecule has 21 heavy (non-hydrogen) atoms. The van der Waals surface area contributed by atoms with Crippen molar-refractivity contribution in [2.45, 2.75) is 78.4 Å². The summed E-state index contributed by atoms with van der Waals surface area (Å²) in [7, 11) is 0. The Bertz CT molecular complexity index is 320. The Labute approximate surface area is 129 Å². The number of hydrogen-bond acceptors (Lipinski definition) is 4. The highest BCUT2D eigenvalue weighted by Crippen LogP contribution is 2.11. The number of unbranched alkanes of at least 4 members (excludes halogenated alkanes) is 2. The first-order valence-corrected chi connectivity index (χ1v) is 7.97. The molecule has 0 saturated carbocycles. The molecule has 124 valence electrons. The van der Waals surface area contributed by atoms with Gasteiger partial charge in [0, 0.05) is 19.5 Å². The van der Waals surface area contributed by atoms with Crippen molar-refractivity contribution in [3.05, 3.63) is 0 Å². The Morgan fingerprint density at radius 2 is 1.67 bits per heavy atom. The Hall–Kier alpha value is -1.10. The number of carbonyl (C=O) groups excluding carboxylic acids is 2.